The molecule has 2 aromatic carbocycles. The molecule has 0 bridgehead atoms. The van der Waals surface area contributed by atoms with E-state index in [-0.39, 0.29) is 5.78 Å². The molecule has 2 aromatic rings. The van der Waals surface area contributed by atoms with Crippen molar-refractivity contribution >= 4 is 17.4 Å². The molecule has 1 aliphatic rings. The number of allylic oxidation sites excluding steroid dienone is 1. The number of ketones is 1. The van der Waals surface area contributed by atoms with Crippen LogP contribution in [0, 0.1) is 0 Å². The zero-order valence-corrected chi connectivity index (χ0v) is 12.2. The number of carbonyl (C=O) groups excluding carboxylic acids is 1. The highest BCUT2D eigenvalue weighted by atomic mass is 35.5. The molecule has 3 heteroatoms. The molecular weight excluding hydrogens is 284 g/mol. The lowest BCUT2D eigenvalue weighted by Crippen LogP contribution is -2.45. The average molecular weight is 299 g/mol. The van der Waals surface area contributed by atoms with Gasteiger partial charge in [0.05, 0.1) is 5.56 Å². The van der Waals surface area contributed by atoms with Crippen LogP contribution in [-0.4, -0.2) is 10.7 Å². The minimum absolute atomic E-state index is 0.111. The van der Waals surface area contributed by atoms with Gasteiger partial charge >= 0.3 is 0 Å². The largest absolute Gasteiger partial charge is 0.483 e. The summed E-state index contributed by atoms with van der Waals surface area (Å²) in [5, 5.41) is 0. The number of fused-ring (bicyclic) bond motifs is 1. The molecule has 0 aromatic heterocycles. The molecule has 0 radical (unpaired) electrons. The molecule has 0 spiro atoms. The van der Waals surface area contributed by atoms with E-state index in [9.17, 15) is 4.79 Å². The van der Waals surface area contributed by atoms with Crippen molar-refractivity contribution in [2.24, 2.45) is 0 Å². The van der Waals surface area contributed by atoms with Crippen molar-refractivity contribution in [3.63, 3.8) is 0 Å². The molecule has 0 amide bonds. The third kappa shape index (κ3) is 2.26. The molecule has 1 aliphatic heterocycles. The Balaban J connectivity index is 2.14. The van der Waals surface area contributed by atoms with Crippen molar-refractivity contribution in [1.29, 1.82) is 0 Å². The van der Waals surface area contributed by atoms with Crippen LogP contribution in [0.4, 0.5) is 0 Å². The molecule has 21 heavy (non-hydrogen) atoms. The van der Waals surface area contributed by atoms with E-state index in [4.69, 9.17) is 16.3 Å². The summed E-state index contributed by atoms with van der Waals surface area (Å²) < 4.78 is 6.06. The standard InChI is InChI=1S/C18H15ClO2/c1-2-12-18(19)16(20)14-10-6-7-11-15(14)21-17(18)13-8-4-3-5-9-13/h2-11,17H,1,12H2. The van der Waals surface area contributed by atoms with Gasteiger partial charge < -0.3 is 4.74 Å². The van der Waals surface area contributed by atoms with E-state index in [1.54, 1.807) is 18.2 Å². The number of alkyl halides is 1. The highest BCUT2D eigenvalue weighted by Gasteiger charge is 2.50. The highest BCUT2D eigenvalue weighted by molar-refractivity contribution is 6.39. The van der Waals surface area contributed by atoms with Gasteiger partial charge in [-0.3, -0.25) is 4.79 Å². The predicted molar refractivity (Wildman–Crippen MR) is 84.0 cm³/mol. The third-order valence-corrected chi connectivity index (χ3v) is 4.24. The molecule has 0 saturated heterocycles. The second kappa shape index (κ2) is 5.38. The minimum atomic E-state index is -1.16. The summed E-state index contributed by atoms with van der Waals surface area (Å²) in [5.41, 5.74) is 1.42. The van der Waals surface area contributed by atoms with Gasteiger partial charge in [0.1, 0.15) is 5.75 Å². The van der Waals surface area contributed by atoms with Crippen molar-refractivity contribution < 1.29 is 9.53 Å². The summed E-state index contributed by atoms with van der Waals surface area (Å²) in [7, 11) is 0. The van der Waals surface area contributed by atoms with Crippen molar-refractivity contribution in [1.82, 2.24) is 0 Å². The number of ether oxygens (including phenoxy) is 1. The first-order valence-corrected chi connectivity index (χ1v) is 7.20. The number of carbonyl (C=O) groups is 1. The van der Waals surface area contributed by atoms with E-state index < -0.39 is 11.0 Å². The lowest BCUT2D eigenvalue weighted by Gasteiger charge is -2.38. The van der Waals surface area contributed by atoms with E-state index in [0.717, 1.165) is 5.56 Å². The molecule has 0 N–H and O–H groups in total. The first-order valence-electron chi connectivity index (χ1n) is 6.82. The Morgan fingerprint density at radius 3 is 2.52 bits per heavy atom. The number of para-hydroxylation sites is 1. The molecular formula is C18H15ClO2. The lowest BCUT2D eigenvalue weighted by atomic mass is 9.82. The first-order chi connectivity index (χ1) is 10.2. The molecule has 0 saturated carbocycles. The molecule has 2 unspecified atom stereocenters. The first kappa shape index (κ1) is 13.9. The summed E-state index contributed by atoms with van der Waals surface area (Å²) in [6, 6.07) is 16.8. The van der Waals surface area contributed by atoms with Gasteiger partial charge in [0.2, 0.25) is 0 Å². The Hall–Kier alpha value is -2.06. The highest BCUT2D eigenvalue weighted by Crippen LogP contribution is 2.46. The normalized spacial score (nSPS) is 24.0. The summed E-state index contributed by atoms with van der Waals surface area (Å²) >= 11 is 6.71. The van der Waals surface area contributed by atoms with Crippen LogP contribution in [0.25, 0.3) is 0 Å². The van der Waals surface area contributed by atoms with E-state index in [1.165, 1.54) is 0 Å². The maximum absolute atomic E-state index is 12.9. The van der Waals surface area contributed by atoms with Crippen LogP contribution in [0.3, 0.4) is 0 Å². The van der Waals surface area contributed by atoms with Crippen molar-refractivity contribution in [2.75, 3.05) is 0 Å². The van der Waals surface area contributed by atoms with Crippen LogP contribution in [-0.2, 0) is 0 Å². The fraction of sp³-hybridized carbons (Fsp3) is 0.167. The summed E-state index contributed by atoms with van der Waals surface area (Å²) in [4.78, 5) is 11.7. The van der Waals surface area contributed by atoms with Gasteiger partial charge in [-0.2, -0.15) is 0 Å². The summed E-state index contributed by atoms with van der Waals surface area (Å²) in [5.74, 6) is 0.469. The molecule has 1 heterocycles. The zero-order valence-electron chi connectivity index (χ0n) is 11.5. The molecule has 2 nitrogen and oxygen atoms in total. The smallest absolute Gasteiger partial charge is 0.191 e. The minimum Gasteiger partial charge on any atom is -0.483 e. The number of halogens is 1. The van der Waals surface area contributed by atoms with Gasteiger partial charge in [-0.05, 0) is 24.1 Å². The van der Waals surface area contributed by atoms with Gasteiger partial charge in [0, 0.05) is 0 Å². The van der Waals surface area contributed by atoms with Crippen LogP contribution >= 0.6 is 11.6 Å². The number of rotatable bonds is 3. The molecule has 3 rings (SSSR count). The van der Waals surface area contributed by atoms with Gasteiger partial charge in [-0.15, -0.1) is 18.2 Å². The van der Waals surface area contributed by atoms with Crippen molar-refractivity contribution in [2.45, 2.75) is 17.4 Å². The number of benzene rings is 2. The van der Waals surface area contributed by atoms with E-state index in [1.807, 2.05) is 42.5 Å². The van der Waals surface area contributed by atoms with E-state index in [2.05, 4.69) is 6.58 Å². The van der Waals surface area contributed by atoms with Gasteiger partial charge in [-0.25, -0.2) is 0 Å². The molecule has 0 aliphatic carbocycles. The second-order valence-electron chi connectivity index (χ2n) is 5.09. The van der Waals surface area contributed by atoms with Crippen LogP contribution in [0.1, 0.15) is 28.4 Å². The van der Waals surface area contributed by atoms with E-state index >= 15 is 0 Å². The van der Waals surface area contributed by atoms with Crippen LogP contribution < -0.4 is 4.74 Å². The fourth-order valence-corrected chi connectivity index (χ4v) is 3.07. The number of hydrogen-bond acceptors (Lipinski definition) is 2. The van der Waals surface area contributed by atoms with Gasteiger partial charge in [0.25, 0.3) is 0 Å². The maximum Gasteiger partial charge on any atom is 0.191 e. The van der Waals surface area contributed by atoms with Crippen LogP contribution in [0.5, 0.6) is 5.75 Å². The number of Topliss-reactive ketones (excluding diaryl/α,β-unsaturated/α-hetero) is 1. The molecule has 106 valence electrons. The van der Waals surface area contributed by atoms with E-state index in [0.29, 0.717) is 17.7 Å². The Morgan fingerprint density at radius 2 is 1.81 bits per heavy atom. The second-order valence-corrected chi connectivity index (χ2v) is 5.76. The van der Waals surface area contributed by atoms with Crippen molar-refractivity contribution in [3.8, 4) is 5.75 Å². The monoisotopic (exact) mass is 298 g/mol. The van der Waals surface area contributed by atoms with Gasteiger partial charge in [0.15, 0.2) is 16.8 Å². The van der Waals surface area contributed by atoms with Gasteiger partial charge in [-0.1, -0.05) is 48.5 Å². The predicted octanol–water partition coefficient (Wildman–Crippen LogP) is 4.56. The quantitative estimate of drug-likeness (QED) is 0.613. The zero-order chi connectivity index (χ0) is 14.9. The van der Waals surface area contributed by atoms with Crippen LogP contribution in [0.15, 0.2) is 67.3 Å². The third-order valence-electron chi connectivity index (χ3n) is 3.71. The number of hydrogen-bond donors (Lipinski definition) is 0. The maximum atomic E-state index is 12.9. The average Bonchev–Trinajstić information content (AvgIpc) is 2.52. The Kier molecular flexibility index (Phi) is 3.56. The summed E-state index contributed by atoms with van der Waals surface area (Å²) in [6.45, 7) is 3.73. The Bertz CT molecular complexity index is 681. The molecule has 0 fully saturated rings. The Labute approximate surface area is 129 Å². The van der Waals surface area contributed by atoms with Crippen molar-refractivity contribution in [3.05, 3.63) is 78.4 Å². The SMILES string of the molecule is C=CCC1(Cl)C(=O)c2ccccc2OC1c1ccccc1. The topological polar surface area (TPSA) is 26.3 Å². The summed E-state index contributed by atoms with van der Waals surface area (Å²) in [6.07, 6.45) is 1.49. The fourth-order valence-electron chi connectivity index (χ4n) is 2.69. The lowest BCUT2D eigenvalue weighted by molar-refractivity contribution is 0.0721. The molecule has 2 atom stereocenters. The Morgan fingerprint density at radius 1 is 1.14 bits per heavy atom. The van der Waals surface area contributed by atoms with Crippen LogP contribution in [0.2, 0.25) is 0 Å².